The molecule has 1 saturated carbocycles. The molecule has 1 aliphatic rings. The monoisotopic (exact) mass is 321 g/mol. The van der Waals surface area contributed by atoms with Crippen LogP contribution in [0, 0.1) is 5.92 Å². The highest BCUT2D eigenvalue weighted by molar-refractivity contribution is 5.88. The van der Waals surface area contributed by atoms with Gasteiger partial charge in [0.25, 0.3) is 0 Å². The molecule has 0 bridgehead atoms. The highest BCUT2D eigenvalue weighted by Gasteiger charge is 2.27. The molecule has 1 fully saturated rings. The van der Waals surface area contributed by atoms with E-state index in [1.165, 1.54) is 43.4 Å². The summed E-state index contributed by atoms with van der Waals surface area (Å²) in [5, 5.41) is 1.91. The van der Waals surface area contributed by atoms with E-state index in [9.17, 15) is 4.79 Å². The number of hydrogen-bond donors (Lipinski definition) is 1. The summed E-state index contributed by atoms with van der Waals surface area (Å²) in [5.74, 6) is 0.646. The zero-order valence-electron chi connectivity index (χ0n) is 15.2. The molecule has 5 heteroatoms. The van der Waals surface area contributed by atoms with Gasteiger partial charge in [0.2, 0.25) is 0 Å². The van der Waals surface area contributed by atoms with Crippen LogP contribution in [0.1, 0.15) is 59.8 Å². The lowest BCUT2D eigenvalue weighted by Gasteiger charge is -2.35. The number of hydrazine groups is 1. The van der Waals surface area contributed by atoms with Crippen molar-refractivity contribution in [3.63, 3.8) is 0 Å². The molecule has 5 nitrogen and oxygen atoms in total. The van der Waals surface area contributed by atoms with Crippen LogP contribution in [0.4, 0.5) is 0 Å². The molecule has 1 rings (SSSR count). The van der Waals surface area contributed by atoms with Gasteiger partial charge in [-0.05, 0) is 47.3 Å². The van der Waals surface area contributed by atoms with Crippen LogP contribution in [-0.2, 0) is 9.53 Å². The molecule has 130 valence electrons. The molecule has 0 spiro atoms. The van der Waals surface area contributed by atoms with Gasteiger partial charge in [-0.15, -0.1) is 0 Å². The summed E-state index contributed by atoms with van der Waals surface area (Å²) >= 11 is 0. The molecule has 0 radical (unpaired) electrons. The van der Waals surface area contributed by atoms with Crippen LogP contribution in [0.25, 0.3) is 0 Å². The first kappa shape index (κ1) is 19.4. The maximum Gasteiger partial charge on any atom is 0.337 e. The van der Waals surface area contributed by atoms with E-state index in [2.05, 4.69) is 31.0 Å². The van der Waals surface area contributed by atoms with E-state index in [1.54, 1.807) is 13.8 Å². The molecule has 0 aromatic heterocycles. The molecular weight excluding hydrogens is 290 g/mol. The van der Waals surface area contributed by atoms with Gasteiger partial charge in [0.05, 0.1) is 12.2 Å². The Kier molecular flexibility index (Phi) is 8.03. The smallest absolute Gasteiger partial charge is 0.337 e. The number of esters is 1. The molecule has 0 aromatic rings. The van der Waals surface area contributed by atoms with Crippen molar-refractivity contribution < 1.29 is 9.53 Å². The van der Waals surface area contributed by atoms with Gasteiger partial charge < -0.3 is 4.74 Å². The summed E-state index contributed by atoms with van der Waals surface area (Å²) < 4.78 is 5.11. The van der Waals surface area contributed by atoms with Crippen LogP contribution in [-0.4, -0.2) is 31.4 Å². The molecule has 0 saturated heterocycles. The Morgan fingerprint density at radius 1 is 1.26 bits per heavy atom. The van der Waals surface area contributed by atoms with Crippen LogP contribution in [0.2, 0.25) is 0 Å². The maximum absolute atomic E-state index is 12.1. The number of nitrogens with zero attached hydrogens (tertiary/aromatic N) is 2. The normalized spacial score (nSPS) is 16.4. The van der Waals surface area contributed by atoms with Crippen LogP contribution < -0.4 is 5.43 Å². The third-order valence-corrected chi connectivity index (χ3v) is 4.25. The number of allylic oxidation sites excluding steroid dienone is 2. The van der Waals surface area contributed by atoms with Crippen molar-refractivity contribution >= 4 is 12.7 Å². The van der Waals surface area contributed by atoms with Crippen LogP contribution in [0.5, 0.6) is 0 Å². The van der Waals surface area contributed by atoms with Gasteiger partial charge in [0.1, 0.15) is 0 Å². The predicted octanol–water partition coefficient (Wildman–Crippen LogP) is 3.79. The van der Waals surface area contributed by atoms with Crippen LogP contribution in [0.15, 0.2) is 27.7 Å². The van der Waals surface area contributed by atoms with E-state index in [0.29, 0.717) is 23.9 Å². The number of ether oxygens (including phenoxy) is 1. The van der Waals surface area contributed by atoms with E-state index in [4.69, 9.17) is 4.74 Å². The molecule has 0 aromatic carbocycles. The first-order valence-electron chi connectivity index (χ1n) is 8.47. The molecule has 23 heavy (non-hydrogen) atoms. The van der Waals surface area contributed by atoms with Gasteiger partial charge >= 0.3 is 5.97 Å². The zero-order chi connectivity index (χ0) is 17.4. The molecular formula is C18H31N3O2. The summed E-state index contributed by atoms with van der Waals surface area (Å²) in [6, 6.07) is 0. The maximum atomic E-state index is 12.1. The van der Waals surface area contributed by atoms with Crippen molar-refractivity contribution in [2.75, 3.05) is 13.7 Å². The van der Waals surface area contributed by atoms with Gasteiger partial charge in [-0.25, -0.2) is 15.2 Å². The lowest BCUT2D eigenvalue weighted by atomic mass is 9.85. The fourth-order valence-corrected chi connectivity index (χ4v) is 3.22. The first-order chi connectivity index (χ1) is 11.0. The minimum Gasteiger partial charge on any atom is -0.463 e. The first-order valence-corrected chi connectivity index (χ1v) is 8.47. The number of aliphatic imine (C=N–C) groups is 1. The number of carbonyl (C=O) groups is 1. The molecule has 0 aliphatic heterocycles. The minimum absolute atomic E-state index is 0.346. The Bertz CT molecular complexity index is 484. The Morgan fingerprint density at radius 2 is 1.87 bits per heavy atom. The summed E-state index contributed by atoms with van der Waals surface area (Å²) in [7, 11) is 1.84. The molecule has 1 N–H and O–H groups in total. The third-order valence-electron chi connectivity index (χ3n) is 4.25. The van der Waals surface area contributed by atoms with Gasteiger partial charge in [-0.1, -0.05) is 24.8 Å². The van der Waals surface area contributed by atoms with Crippen LogP contribution in [0.3, 0.4) is 0 Å². The SMILES string of the molecule is C=N/C(=C(/C)C(=O)OCC)N(NC)C(=C(C)C)C1CCCCC1. The topological polar surface area (TPSA) is 53.9 Å². The zero-order valence-corrected chi connectivity index (χ0v) is 15.2. The molecule has 0 amide bonds. The van der Waals surface area contributed by atoms with E-state index in [1.807, 2.05) is 12.1 Å². The average Bonchev–Trinajstić information content (AvgIpc) is 2.55. The minimum atomic E-state index is -0.355. The molecule has 0 heterocycles. The Hall–Kier alpha value is -1.62. The number of hydrogen-bond acceptors (Lipinski definition) is 5. The average molecular weight is 321 g/mol. The van der Waals surface area contributed by atoms with Gasteiger partial charge in [0.15, 0.2) is 5.82 Å². The molecule has 0 atom stereocenters. The van der Waals surface area contributed by atoms with Crippen molar-refractivity contribution in [1.82, 2.24) is 10.4 Å². The number of rotatable bonds is 7. The quantitative estimate of drug-likeness (QED) is 0.335. The summed E-state index contributed by atoms with van der Waals surface area (Å²) in [6.45, 7) is 11.7. The Labute approximate surface area is 140 Å². The van der Waals surface area contributed by atoms with Crippen molar-refractivity contribution in [3.05, 3.63) is 22.7 Å². The largest absolute Gasteiger partial charge is 0.463 e. The summed E-state index contributed by atoms with van der Waals surface area (Å²) in [5.41, 5.74) is 6.07. The lowest BCUT2D eigenvalue weighted by Crippen LogP contribution is -2.38. The number of carbonyl (C=O) groups excluding carboxylic acids is 1. The van der Waals surface area contributed by atoms with E-state index < -0.39 is 0 Å². The molecule has 0 unspecified atom stereocenters. The van der Waals surface area contributed by atoms with E-state index in [-0.39, 0.29) is 5.97 Å². The highest BCUT2D eigenvalue weighted by atomic mass is 16.5. The Morgan fingerprint density at radius 3 is 2.30 bits per heavy atom. The standard InChI is InChI=1S/C18H31N3O2/c1-7-23-18(22)14(4)17(19-5)21(20-6)16(13(2)3)15-11-9-8-10-12-15/h15,20H,5,7-12H2,1-4,6H3/b17-14+. The van der Waals surface area contributed by atoms with Crippen molar-refractivity contribution in [2.45, 2.75) is 59.8 Å². The summed E-state index contributed by atoms with van der Waals surface area (Å²) in [6.07, 6.45) is 6.13. The predicted molar refractivity (Wildman–Crippen MR) is 94.7 cm³/mol. The van der Waals surface area contributed by atoms with Crippen molar-refractivity contribution in [3.8, 4) is 0 Å². The fraction of sp³-hybridized carbons (Fsp3) is 0.667. The van der Waals surface area contributed by atoms with Crippen LogP contribution >= 0.6 is 0 Å². The third kappa shape index (κ3) is 4.93. The van der Waals surface area contributed by atoms with Crippen molar-refractivity contribution in [2.24, 2.45) is 10.9 Å². The summed E-state index contributed by atoms with van der Waals surface area (Å²) in [4.78, 5) is 16.2. The second-order valence-electron chi connectivity index (χ2n) is 6.11. The fourth-order valence-electron chi connectivity index (χ4n) is 3.22. The second-order valence-corrected chi connectivity index (χ2v) is 6.11. The Balaban J connectivity index is 3.24. The molecule has 1 aliphatic carbocycles. The van der Waals surface area contributed by atoms with E-state index in [0.717, 1.165) is 0 Å². The van der Waals surface area contributed by atoms with Gasteiger partial charge in [-0.2, -0.15) is 0 Å². The van der Waals surface area contributed by atoms with Crippen molar-refractivity contribution in [1.29, 1.82) is 0 Å². The van der Waals surface area contributed by atoms with Gasteiger partial charge in [0, 0.05) is 18.7 Å². The van der Waals surface area contributed by atoms with Gasteiger partial charge in [-0.3, -0.25) is 5.01 Å². The highest BCUT2D eigenvalue weighted by Crippen LogP contribution is 2.34. The van der Waals surface area contributed by atoms with E-state index >= 15 is 0 Å². The second kappa shape index (κ2) is 9.50. The number of nitrogens with one attached hydrogen (secondary N) is 1. The lowest BCUT2D eigenvalue weighted by molar-refractivity contribution is -0.138.